The normalized spacial score (nSPS) is 11.7. The number of aromatic nitrogens is 2. The van der Waals surface area contributed by atoms with E-state index in [1.54, 1.807) is 37.5 Å². The van der Waals surface area contributed by atoms with Crippen LogP contribution in [0.2, 0.25) is 0 Å². The van der Waals surface area contributed by atoms with Gasteiger partial charge in [0.2, 0.25) is 0 Å². The SMILES string of the molecule is CCOC(=O)c1cc2cc(COS(C)(=O)=O)ccn2c1-c1ccnc(C)c1. The summed E-state index contributed by atoms with van der Waals surface area (Å²) in [6.07, 6.45) is 4.48. The molecule has 142 valence electrons. The summed E-state index contributed by atoms with van der Waals surface area (Å²) in [6, 6.07) is 8.99. The molecule has 0 N–H and O–H groups in total. The smallest absolute Gasteiger partial charge is 0.340 e. The molecule has 3 aromatic rings. The van der Waals surface area contributed by atoms with E-state index in [9.17, 15) is 13.2 Å². The second-order valence-electron chi connectivity index (χ2n) is 6.11. The third-order valence-electron chi connectivity index (χ3n) is 3.94. The quantitative estimate of drug-likeness (QED) is 0.477. The molecule has 27 heavy (non-hydrogen) atoms. The second kappa shape index (κ2) is 7.50. The monoisotopic (exact) mass is 388 g/mol. The van der Waals surface area contributed by atoms with Crippen LogP contribution in [0.5, 0.6) is 0 Å². The predicted molar refractivity (Wildman–Crippen MR) is 101 cm³/mol. The summed E-state index contributed by atoms with van der Waals surface area (Å²) in [5.74, 6) is -0.417. The van der Waals surface area contributed by atoms with E-state index in [0.717, 1.165) is 23.0 Å². The van der Waals surface area contributed by atoms with Crippen molar-refractivity contribution >= 4 is 21.6 Å². The van der Waals surface area contributed by atoms with Crippen molar-refractivity contribution in [1.82, 2.24) is 9.38 Å². The molecule has 0 fully saturated rings. The molecule has 0 saturated carbocycles. The average molecular weight is 388 g/mol. The summed E-state index contributed by atoms with van der Waals surface area (Å²) in [7, 11) is -3.53. The van der Waals surface area contributed by atoms with Gasteiger partial charge in [-0.25, -0.2) is 4.79 Å². The highest BCUT2D eigenvalue weighted by Crippen LogP contribution is 2.29. The van der Waals surface area contributed by atoms with Crippen molar-refractivity contribution in [2.75, 3.05) is 12.9 Å². The van der Waals surface area contributed by atoms with Gasteiger partial charge in [-0.3, -0.25) is 9.17 Å². The zero-order valence-corrected chi connectivity index (χ0v) is 16.1. The molecule has 0 saturated heterocycles. The number of carbonyl (C=O) groups is 1. The van der Waals surface area contributed by atoms with Crippen molar-refractivity contribution in [3.05, 3.63) is 59.5 Å². The Hall–Kier alpha value is -2.71. The van der Waals surface area contributed by atoms with Crippen LogP contribution in [0.3, 0.4) is 0 Å². The number of nitrogens with zero attached hydrogens (tertiary/aromatic N) is 2. The van der Waals surface area contributed by atoms with Crippen molar-refractivity contribution in [3.63, 3.8) is 0 Å². The Morgan fingerprint density at radius 3 is 2.67 bits per heavy atom. The van der Waals surface area contributed by atoms with Crippen molar-refractivity contribution in [2.24, 2.45) is 0 Å². The molecule has 7 nitrogen and oxygen atoms in total. The van der Waals surface area contributed by atoms with Crippen LogP contribution in [0.25, 0.3) is 16.8 Å². The van der Waals surface area contributed by atoms with E-state index in [0.29, 0.717) is 16.8 Å². The maximum atomic E-state index is 12.5. The zero-order chi connectivity index (χ0) is 19.6. The highest BCUT2D eigenvalue weighted by Gasteiger charge is 2.20. The molecule has 0 bridgehead atoms. The Labute approximate surface area is 157 Å². The molecule has 3 rings (SSSR count). The molecule has 0 aromatic carbocycles. The molecule has 0 spiro atoms. The van der Waals surface area contributed by atoms with Crippen molar-refractivity contribution in [1.29, 1.82) is 0 Å². The van der Waals surface area contributed by atoms with Crippen LogP contribution in [-0.2, 0) is 25.6 Å². The lowest BCUT2D eigenvalue weighted by Gasteiger charge is -2.08. The Bertz CT molecular complexity index is 1100. The lowest BCUT2D eigenvalue weighted by Crippen LogP contribution is -2.05. The van der Waals surface area contributed by atoms with E-state index in [2.05, 4.69) is 4.98 Å². The molecule has 0 atom stereocenters. The topological polar surface area (TPSA) is 87.0 Å². The molecule has 0 unspecified atom stereocenters. The molecule has 0 aliphatic heterocycles. The Kier molecular flexibility index (Phi) is 5.29. The van der Waals surface area contributed by atoms with Crippen LogP contribution < -0.4 is 0 Å². The van der Waals surface area contributed by atoms with Gasteiger partial charge in [0, 0.05) is 29.2 Å². The molecule has 0 aliphatic rings. The zero-order valence-electron chi connectivity index (χ0n) is 15.3. The van der Waals surface area contributed by atoms with E-state index < -0.39 is 16.1 Å². The van der Waals surface area contributed by atoms with Crippen molar-refractivity contribution in [2.45, 2.75) is 20.5 Å². The Balaban J connectivity index is 2.13. The fraction of sp³-hybridized carbons (Fsp3) is 0.263. The molecule has 8 heteroatoms. The first-order valence-electron chi connectivity index (χ1n) is 8.37. The van der Waals surface area contributed by atoms with Gasteiger partial charge in [0.15, 0.2) is 0 Å². The maximum absolute atomic E-state index is 12.5. The van der Waals surface area contributed by atoms with Gasteiger partial charge in [0.05, 0.1) is 30.7 Å². The molecule has 0 radical (unpaired) electrons. The summed E-state index contributed by atoms with van der Waals surface area (Å²) < 4.78 is 34.3. The average Bonchev–Trinajstić information content (AvgIpc) is 2.98. The summed E-state index contributed by atoms with van der Waals surface area (Å²) in [5.41, 5.74) is 4.21. The van der Waals surface area contributed by atoms with E-state index in [-0.39, 0.29) is 13.2 Å². The van der Waals surface area contributed by atoms with Crippen LogP contribution >= 0.6 is 0 Å². The summed E-state index contributed by atoms with van der Waals surface area (Å²) in [6.45, 7) is 3.83. The Morgan fingerprint density at radius 1 is 1.22 bits per heavy atom. The van der Waals surface area contributed by atoms with Crippen molar-refractivity contribution < 1.29 is 22.1 Å². The fourth-order valence-corrected chi connectivity index (χ4v) is 3.19. The van der Waals surface area contributed by atoms with Gasteiger partial charge < -0.3 is 9.14 Å². The maximum Gasteiger partial charge on any atom is 0.340 e. The predicted octanol–water partition coefficient (Wildman–Crippen LogP) is 2.96. The molecule has 0 amide bonds. The number of pyridine rings is 2. The van der Waals surface area contributed by atoms with Crippen LogP contribution in [0.1, 0.15) is 28.5 Å². The third-order valence-corrected chi connectivity index (χ3v) is 4.49. The van der Waals surface area contributed by atoms with Gasteiger partial charge in [-0.2, -0.15) is 8.42 Å². The lowest BCUT2D eigenvalue weighted by molar-refractivity contribution is 0.0527. The summed E-state index contributed by atoms with van der Waals surface area (Å²) in [5, 5.41) is 0. The van der Waals surface area contributed by atoms with Crippen LogP contribution in [-0.4, -0.2) is 36.6 Å². The Morgan fingerprint density at radius 2 is 2.00 bits per heavy atom. The number of aryl methyl sites for hydroxylation is 1. The first kappa shape index (κ1) is 19.1. The van der Waals surface area contributed by atoms with Crippen LogP contribution in [0.15, 0.2) is 42.7 Å². The summed E-state index contributed by atoms with van der Waals surface area (Å²) in [4.78, 5) is 16.7. The molecular weight excluding hydrogens is 368 g/mol. The minimum absolute atomic E-state index is 0.0705. The minimum Gasteiger partial charge on any atom is -0.462 e. The first-order chi connectivity index (χ1) is 12.8. The number of carbonyl (C=O) groups excluding carboxylic acids is 1. The van der Waals surface area contributed by atoms with Gasteiger partial charge in [0.25, 0.3) is 10.1 Å². The van der Waals surface area contributed by atoms with Crippen LogP contribution in [0, 0.1) is 6.92 Å². The van der Waals surface area contributed by atoms with Gasteiger partial charge in [-0.05, 0) is 49.7 Å². The van der Waals surface area contributed by atoms with Gasteiger partial charge in [-0.1, -0.05) is 0 Å². The van der Waals surface area contributed by atoms with E-state index in [1.807, 2.05) is 23.5 Å². The second-order valence-corrected chi connectivity index (χ2v) is 7.75. The van der Waals surface area contributed by atoms with Gasteiger partial charge in [0.1, 0.15) is 0 Å². The van der Waals surface area contributed by atoms with Crippen molar-refractivity contribution in [3.8, 4) is 11.3 Å². The highest BCUT2D eigenvalue weighted by molar-refractivity contribution is 7.85. The van der Waals surface area contributed by atoms with Gasteiger partial charge in [-0.15, -0.1) is 0 Å². The molecular formula is C19H20N2O5S. The number of ether oxygens (including phenoxy) is 1. The summed E-state index contributed by atoms with van der Waals surface area (Å²) >= 11 is 0. The molecule has 3 aromatic heterocycles. The number of esters is 1. The van der Waals surface area contributed by atoms with E-state index in [1.165, 1.54) is 0 Å². The molecule has 3 heterocycles. The third kappa shape index (κ3) is 4.35. The minimum atomic E-state index is -3.53. The number of hydrogen-bond donors (Lipinski definition) is 0. The van der Waals surface area contributed by atoms with E-state index in [4.69, 9.17) is 8.92 Å². The van der Waals surface area contributed by atoms with Gasteiger partial charge >= 0.3 is 5.97 Å². The largest absolute Gasteiger partial charge is 0.462 e. The lowest BCUT2D eigenvalue weighted by atomic mass is 10.1. The standard InChI is InChI=1S/C19H20N2O5S/c1-4-25-19(22)17-11-16-10-14(12-26-27(3,23)24)6-8-21(16)18(17)15-5-7-20-13(2)9-15/h5-11H,4,12H2,1-3H3. The van der Waals surface area contributed by atoms with Crippen LogP contribution in [0.4, 0.5) is 0 Å². The number of fused-ring (bicyclic) bond motifs is 1. The molecule has 0 aliphatic carbocycles. The number of hydrogen-bond acceptors (Lipinski definition) is 6. The highest BCUT2D eigenvalue weighted by atomic mass is 32.2. The fourth-order valence-electron chi connectivity index (χ4n) is 2.84. The number of rotatable bonds is 6. The first-order valence-corrected chi connectivity index (χ1v) is 10.2. The van der Waals surface area contributed by atoms with E-state index >= 15 is 0 Å².